The van der Waals surface area contributed by atoms with Crippen LogP contribution in [0.2, 0.25) is 0 Å². The molecular formula is C20H24N2O5. The van der Waals surface area contributed by atoms with E-state index < -0.39 is 6.10 Å². The van der Waals surface area contributed by atoms with Gasteiger partial charge in [0.2, 0.25) is 5.91 Å². The van der Waals surface area contributed by atoms with Crippen LogP contribution in [0.4, 0.5) is 5.69 Å². The molecule has 7 nitrogen and oxygen atoms in total. The molecule has 1 amide bonds. The van der Waals surface area contributed by atoms with Crippen molar-refractivity contribution in [3.63, 3.8) is 0 Å². The molecular weight excluding hydrogens is 348 g/mol. The van der Waals surface area contributed by atoms with Crippen molar-refractivity contribution in [1.29, 1.82) is 0 Å². The van der Waals surface area contributed by atoms with E-state index in [4.69, 9.17) is 14.2 Å². The number of rotatable bonds is 10. The van der Waals surface area contributed by atoms with Crippen LogP contribution in [0.15, 0.2) is 42.5 Å². The van der Waals surface area contributed by atoms with Crippen LogP contribution >= 0.6 is 0 Å². The number of aliphatic hydroxyl groups excluding tert-OH is 1. The fourth-order valence-electron chi connectivity index (χ4n) is 2.84. The fraction of sp³-hybridized carbons (Fsp3) is 0.350. The van der Waals surface area contributed by atoms with E-state index in [1.807, 2.05) is 36.4 Å². The maximum Gasteiger partial charge on any atom is 0.229 e. The maximum absolute atomic E-state index is 11.5. The zero-order valence-corrected chi connectivity index (χ0v) is 15.2. The number of benzene rings is 2. The molecule has 144 valence electrons. The minimum absolute atomic E-state index is 0.0432. The molecule has 1 aliphatic heterocycles. The number of nitrogens with one attached hydrogen (secondary N) is 2. The Balaban J connectivity index is 1.35. The number of fused-ring (bicyclic) bond motifs is 1. The second kappa shape index (κ2) is 9.25. The van der Waals surface area contributed by atoms with Crippen molar-refractivity contribution in [1.82, 2.24) is 5.32 Å². The first-order valence-electron chi connectivity index (χ1n) is 8.86. The first kappa shape index (κ1) is 19.0. The van der Waals surface area contributed by atoms with Gasteiger partial charge in [-0.3, -0.25) is 4.79 Å². The molecule has 2 aromatic carbocycles. The number of hydrogen-bond acceptors (Lipinski definition) is 6. The second-order valence-electron chi connectivity index (χ2n) is 6.18. The van der Waals surface area contributed by atoms with Crippen LogP contribution < -0.4 is 24.8 Å². The standard InChI is InChI=1S/C20H24N2O5/c1-25-18-6-2-3-7-19(18)26-10-9-21-12-14(23)13-27-17-8-4-5-16-15(17)11-20(24)22-16/h2-8,14,21,23H,9-13H2,1H3,(H,22,24). The Morgan fingerprint density at radius 3 is 2.70 bits per heavy atom. The summed E-state index contributed by atoms with van der Waals surface area (Å²) in [5.74, 6) is 1.96. The lowest BCUT2D eigenvalue weighted by atomic mass is 10.1. The summed E-state index contributed by atoms with van der Waals surface area (Å²) in [4.78, 5) is 11.5. The zero-order chi connectivity index (χ0) is 19.1. The molecule has 0 saturated heterocycles. The normalized spacial score (nSPS) is 13.6. The second-order valence-corrected chi connectivity index (χ2v) is 6.18. The molecule has 3 rings (SSSR count). The molecule has 0 fully saturated rings. The molecule has 0 aromatic heterocycles. The number of para-hydroxylation sites is 2. The Hall–Kier alpha value is -2.77. The van der Waals surface area contributed by atoms with Crippen LogP contribution in [0.3, 0.4) is 0 Å². The average Bonchev–Trinajstić information content (AvgIpc) is 3.07. The summed E-state index contributed by atoms with van der Waals surface area (Å²) < 4.78 is 16.6. The highest BCUT2D eigenvalue weighted by molar-refractivity contribution is 6.00. The number of anilines is 1. The van der Waals surface area contributed by atoms with Crippen molar-refractivity contribution in [3.05, 3.63) is 48.0 Å². The van der Waals surface area contributed by atoms with Crippen molar-refractivity contribution in [2.24, 2.45) is 0 Å². The third kappa shape index (κ3) is 5.12. The van der Waals surface area contributed by atoms with E-state index in [-0.39, 0.29) is 12.5 Å². The van der Waals surface area contributed by atoms with Gasteiger partial charge in [-0.25, -0.2) is 0 Å². The molecule has 0 bridgehead atoms. The third-order valence-electron chi connectivity index (χ3n) is 4.16. The fourth-order valence-corrected chi connectivity index (χ4v) is 2.84. The van der Waals surface area contributed by atoms with Crippen molar-refractivity contribution < 1.29 is 24.1 Å². The van der Waals surface area contributed by atoms with Crippen molar-refractivity contribution in [2.75, 3.05) is 38.7 Å². The van der Waals surface area contributed by atoms with Gasteiger partial charge in [0.25, 0.3) is 0 Å². The van der Waals surface area contributed by atoms with Crippen molar-refractivity contribution >= 4 is 11.6 Å². The molecule has 0 saturated carbocycles. The number of carbonyl (C=O) groups excluding carboxylic acids is 1. The van der Waals surface area contributed by atoms with Gasteiger partial charge in [0.05, 0.1) is 13.5 Å². The molecule has 2 aromatic rings. The van der Waals surface area contributed by atoms with Gasteiger partial charge in [0.1, 0.15) is 25.1 Å². The van der Waals surface area contributed by atoms with Gasteiger partial charge in [-0.1, -0.05) is 18.2 Å². The highest BCUT2D eigenvalue weighted by Gasteiger charge is 2.21. The Kier molecular flexibility index (Phi) is 6.51. The van der Waals surface area contributed by atoms with Gasteiger partial charge in [-0.2, -0.15) is 0 Å². The van der Waals surface area contributed by atoms with E-state index in [9.17, 15) is 9.90 Å². The van der Waals surface area contributed by atoms with Gasteiger partial charge < -0.3 is 30.0 Å². The SMILES string of the molecule is COc1ccccc1OCCNCC(O)COc1cccc2c1CC(=O)N2. The quantitative estimate of drug-likeness (QED) is 0.549. The maximum atomic E-state index is 11.5. The lowest BCUT2D eigenvalue weighted by molar-refractivity contribution is -0.115. The summed E-state index contributed by atoms with van der Waals surface area (Å²) in [5.41, 5.74) is 1.62. The molecule has 1 aliphatic rings. The molecule has 0 radical (unpaired) electrons. The van der Waals surface area contributed by atoms with E-state index in [2.05, 4.69) is 10.6 Å². The van der Waals surface area contributed by atoms with Crippen molar-refractivity contribution in [3.8, 4) is 17.2 Å². The Bertz CT molecular complexity index is 781. The third-order valence-corrected chi connectivity index (χ3v) is 4.16. The van der Waals surface area contributed by atoms with Crippen molar-refractivity contribution in [2.45, 2.75) is 12.5 Å². The molecule has 1 unspecified atom stereocenters. The highest BCUT2D eigenvalue weighted by atomic mass is 16.5. The number of aliphatic hydroxyl groups is 1. The average molecular weight is 372 g/mol. The Labute approximate surface area is 158 Å². The summed E-state index contributed by atoms with van der Waals surface area (Å²) in [6.07, 6.45) is -0.364. The summed E-state index contributed by atoms with van der Waals surface area (Å²) in [5, 5.41) is 16.0. The van der Waals surface area contributed by atoms with Crippen LogP contribution in [-0.2, 0) is 11.2 Å². The van der Waals surface area contributed by atoms with Gasteiger partial charge >= 0.3 is 0 Å². The van der Waals surface area contributed by atoms with Crippen LogP contribution in [0.1, 0.15) is 5.56 Å². The van der Waals surface area contributed by atoms with Crippen LogP contribution in [0.25, 0.3) is 0 Å². The van der Waals surface area contributed by atoms with Gasteiger partial charge in [-0.05, 0) is 24.3 Å². The lowest BCUT2D eigenvalue weighted by Crippen LogP contribution is -2.33. The first-order valence-corrected chi connectivity index (χ1v) is 8.86. The van der Waals surface area contributed by atoms with E-state index in [1.54, 1.807) is 13.2 Å². The summed E-state index contributed by atoms with van der Waals surface area (Å²) >= 11 is 0. The number of carbonyl (C=O) groups is 1. The van der Waals surface area contributed by atoms with Crippen LogP contribution in [0, 0.1) is 0 Å². The largest absolute Gasteiger partial charge is 0.493 e. The molecule has 3 N–H and O–H groups in total. The van der Waals surface area contributed by atoms with Gasteiger partial charge in [-0.15, -0.1) is 0 Å². The molecule has 0 aliphatic carbocycles. The highest BCUT2D eigenvalue weighted by Crippen LogP contribution is 2.31. The number of amides is 1. The number of methoxy groups -OCH3 is 1. The summed E-state index contributed by atoms with van der Waals surface area (Å²) in [7, 11) is 1.60. The molecule has 27 heavy (non-hydrogen) atoms. The lowest BCUT2D eigenvalue weighted by Gasteiger charge is -2.15. The zero-order valence-electron chi connectivity index (χ0n) is 15.2. The van der Waals surface area contributed by atoms with Crippen LogP contribution in [0.5, 0.6) is 17.2 Å². The number of ether oxygens (including phenoxy) is 3. The minimum Gasteiger partial charge on any atom is -0.493 e. The Morgan fingerprint density at radius 1 is 1.11 bits per heavy atom. The molecule has 7 heteroatoms. The molecule has 1 atom stereocenters. The van der Waals surface area contributed by atoms with E-state index in [0.717, 1.165) is 11.3 Å². The minimum atomic E-state index is -0.669. The van der Waals surface area contributed by atoms with E-state index in [0.29, 0.717) is 43.4 Å². The predicted molar refractivity (Wildman–Crippen MR) is 102 cm³/mol. The molecule has 1 heterocycles. The Morgan fingerprint density at radius 2 is 1.89 bits per heavy atom. The van der Waals surface area contributed by atoms with Gasteiger partial charge in [0.15, 0.2) is 11.5 Å². The topological polar surface area (TPSA) is 89.1 Å². The summed E-state index contributed by atoms with van der Waals surface area (Å²) in [6.45, 7) is 1.55. The van der Waals surface area contributed by atoms with E-state index >= 15 is 0 Å². The van der Waals surface area contributed by atoms with Gasteiger partial charge in [0, 0.05) is 24.3 Å². The van der Waals surface area contributed by atoms with E-state index in [1.165, 1.54) is 0 Å². The summed E-state index contributed by atoms with van der Waals surface area (Å²) in [6, 6.07) is 12.9. The number of hydrogen-bond donors (Lipinski definition) is 3. The first-order chi connectivity index (χ1) is 13.2. The smallest absolute Gasteiger partial charge is 0.229 e. The predicted octanol–water partition coefficient (Wildman–Crippen LogP) is 1.60. The monoisotopic (exact) mass is 372 g/mol. The van der Waals surface area contributed by atoms with Crippen LogP contribution in [-0.4, -0.2) is 50.5 Å². The molecule has 0 spiro atoms.